The lowest BCUT2D eigenvalue weighted by molar-refractivity contribution is 0.653. The van der Waals surface area contributed by atoms with Crippen molar-refractivity contribution in [3.63, 3.8) is 0 Å². The highest BCUT2D eigenvalue weighted by atomic mass is 15.2. The molecule has 0 bridgehead atoms. The van der Waals surface area contributed by atoms with Gasteiger partial charge in [-0.25, -0.2) is 4.98 Å². The first-order chi connectivity index (χ1) is 8.25. The van der Waals surface area contributed by atoms with E-state index in [2.05, 4.69) is 58.8 Å². The van der Waals surface area contributed by atoms with Crippen molar-refractivity contribution in [3.8, 4) is 0 Å². The summed E-state index contributed by atoms with van der Waals surface area (Å²) in [7, 11) is 0. The zero-order chi connectivity index (χ0) is 11.8. The second kappa shape index (κ2) is 3.91. The minimum atomic E-state index is 0.486. The normalized spacial score (nSPS) is 14.4. The van der Waals surface area contributed by atoms with E-state index >= 15 is 0 Å². The summed E-state index contributed by atoms with van der Waals surface area (Å²) in [5.74, 6) is 1.15. The highest BCUT2D eigenvalue weighted by Gasteiger charge is 2.20. The Hall–Kier alpha value is -1.77. The van der Waals surface area contributed by atoms with Crippen LogP contribution in [0.1, 0.15) is 25.2 Å². The first-order valence-electron chi connectivity index (χ1n) is 6.10. The summed E-state index contributed by atoms with van der Waals surface area (Å²) in [6.07, 6.45) is 3.96. The standard InChI is InChI=1S/C14H17N3/c1-11(2)17-10-14-15-7-8-16(14)9-12-5-3-4-6-13(12)17/h3-8,11H,9-10H2,1-2H3. The van der Waals surface area contributed by atoms with Gasteiger partial charge in [-0.1, -0.05) is 18.2 Å². The maximum absolute atomic E-state index is 4.45. The lowest BCUT2D eigenvalue weighted by Crippen LogP contribution is -2.30. The number of hydrogen-bond acceptors (Lipinski definition) is 2. The lowest BCUT2D eigenvalue weighted by atomic mass is 10.1. The first kappa shape index (κ1) is 10.4. The van der Waals surface area contributed by atoms with Crippen molar-refractivity contribution in [2.45, 2.75) is 33.0 Å². The van der Waals surface area contributed by atoms with E-state index in [1.54, 1.807) is 0 Å². The van der Waals surface area contributed by atoms with Crippen LogP contribution in [-0.2, 0) is 13.1 Å². The molecule has 1 aromatic heterocycles. The summed E-state index contributed by atoms with van der Waals surface area (Å²) in [5, 5.41) is 0. The molecule has 0 saturated carbocycles. The summed E-state index contributed by atoms with van der Waals surface area (Å²) >= 11 is 0. The Morgan fingerprint density at radius 1 is 1.18 bits per heavy atom. The highest BCUT2D eigenvalue weighted by Crippen LogP contribution is 2.28. The molecule has 88 valence electrons. The lowest BCUT2D eigenvalue weighted by Gasteiger charge is -2.28. The highest BCUT2D eigenvalue weighted by molar-refractivity contribution is 5.55. The molecule has 1 aromatic carbocycles. The number of para-hydroxylation sites is 1. The van der Waals surface area contributed by atoms with Crippen LogP contribution >= 0.6 is 0 Å². The van der Waals surface area contributed by atoms with Gasteiger partial charge in [-0.2, -0.15) is 0 Å². The molecular formula is C14H17N3. The van der Waals surface area contributed by atoms with Crippen molar-refractivity contribution in [2.24, 2.45) is 0 Å². The molecule has 3 nitrogen and oxygen atoms in total. The van der Waals surface area contributed by atoms with Gasteiger partial charge in [0.25, 0.3) is 0 Å². The zero-order valence-corrected chi connectivity index (χ0v) is 10.3. The molecule has 3 heteroatoms. The molecule has 0 radical (unpaired) electrons. The fourth-order valence-electron chi connectivity index (χ4n) is 2.44. The minimum absolute atomic E-state index is 0.486. The van der Waals surface area contributed by atoms with Crippen LogP contribution in [0, 0.1) is 0 Å². The van der Waals surface area contributed by atoms with E-state index in [1.807, 2.05) is 6.20 Å². The van der Waals surface area contributed by atoms with Gasteiger partial charge in [0.2, 0.25) is 0 Å². The molecule has 17 heavy (non-hydrogen) atoms. The SMILES string of the molecule is CC(C)N1Cc2nccn2Cc2ccccc21. The number of imidazole rings is 1. The quantitative estimate of drug-likeness (QED) is 0.746. The smallest absolute Gasteiger partial charge is 0.128 e. The molecular weight excluding hydrogens is 210 g/mol. The first-order valence-corrected chi connectivity index (χ1v) is 6.10. The second-order valence-electron chi connectivity index (χ2n) is 4.82. The largest absolute Gasteiger partial charge is 0.361 e. The van der Waals surface area contributed by atoms with Crippen LogP contribution in [0.5, 0.6) is 0 Å². The van der Waals surface area contributed by atoms with Crippen molar-refractivity contribution in [1.82, 2.24) is 9.55 Å². The van der Waals surface area contributed by atoms with Gasteiger partial charge in [-0.05, 0) is 25.5 Å². The van der Waals surface area contributed by atoms with E-state index < -0.39 is 0 Å². The Morgan fingerprint density at radius 2 is 2.00 bits per heavy atom. The Bertz CT molecular complexity index is 528. The molecule has 0 fully saturated rings. The van der Waals surface area contributed by atoms with E-state index in [0.717, 1.165) is 18.9 Å². The number of rotatable bonds is 1. The molecule has 2 heterocycles. The Labute approximate surface area is 102 Å². The number of benzene rings is 1. The van der Waals surface area contributed by atoms with Crippen LogP contribution < -0.4 is 4.90 Å². The number of aromatic nitrogens is 2. The Kier molecular flexibility index (Phi) is 2.39. The monoisotopic (exact) mass is 227 g/mol. The zero-order valence-electron chi connectivity index (χ0n) is 10.3. The predicted molar refractivity (Wildman–Crippen MR) is 69.1 cm³/mol. The van der Waals surface area contributed by atoms with E-state index in [-0.39, 0.29) is 0 Å². The Morgan fingerprint density at radius 3 is 2.82 bits per heavy atom. The molecule has 0 aliphatic carbocycles. The van der Waals surface area contributed by atoms with Crippen molar-refractivity contribution < 1.29 is 0 Å². The van der Waals surface area contributed by atoms with E-state index in [4.69, 9.17) is 0 Å². The molecule has 0 saturated heterocycles. The van der Waals surface area contributed by atoms with Crippen LogP contribution in [-0.4, -0.2) is 15.6 Å². The molecule has 0 N–H and O–H groups in total. The van der Waals surface area contributed by atoms with Gasteiger partial charge >= 0.3 is 0 Å². The van der Waals surface area contributed by atoms with E-state index in [9.17, 15) is 0 Å². The third kappa shape index (κ3) is 1.71. The molecule has 0 amide bonds. The molecule has 0 atom stereocenters. The van der Waals surface area contributed by atoms with Gasteiger partial charge < -0.3 is 9.47 Å². The third-order valence-electron chi connectivity index (χ3n) is 3.38. The minimum Gasteiger partial charge on any atom is -0.361 e. The van der Waals surface area contributed by atoms with Crippen LogP contribution in [0.2, 0.25) is 0 Å². The van der Waals surface area contributed by atoms with Gasteiger partial charge in [0.1, 0.15) is 5.82 Å². The maximum Gasteiger partial charge on any atom is 0.128 e. The second-order valence-corrected chi connectivity index (χ2v) is 4.82. The van der Waals surface area contributed by atoms with Gasteiger partial charge in [0, 0.05) is 24.1 Å². The summed E-state index contributed by atoms with van der Waals surface area (Å²) in [4.78, 5) is 6.87. The van der Waals surface area contributed by atoms with E-state index in [0.29, 0.717) is 6.04 Å². The molecule has 1 aliphatic rings. The molecule has 2 aromatic rings. The van der Waals surface area contributed by atoms with Crippen molar-refractivity contribution in [3.05, 3.63) is 48.0 Å². The van der Waals surface area contributed by atoms with Gasteiger partial charge in [0.15, 0.2) is 0 Å². The van der Waals surface area contributed by atoms with Crippen molar-refractivity contribution >= 4 is 5.69 Å². The summed E-state index contributed by atoms with van der Waals surface area (Å²) in [6, 6.07) is 9.13. The average Bonchev–Trinajstić information content (AvgIpc) is 2.68. The molecule has 3 rings (SSSR count). The molecule has 0 unspecified atom stereocenters. The van der Waals surface area contributed by atoms with Crippen LogP contribution in [0.15, 0.2) is 36.7 Å². The maximum atomic E-state index is 4.45. The number of hydrogen-bond donors (Lipinski definition) is 0. The Balaban J connectivity index is 2.13. The van der Waals surface area contributed by atoms with Gasteiger partial charge in [-0.15, -0.1) is 0 Å². The molecule has 1 aliphatic heterocycles. The van der Waals surface area contributed by atoms with Crippen LogP contribution in [0.3, 0.4) is 0 Å². The fraction of sp³-hybridized carbons (Fsp3) is 0.357. The number of anilines is 1. The average molecular weight is 227 g/mol. The summed E-state index contributed by atoms with van der Waals surface area (Å²) < 4.78 is 2.24. The predicted octanol–water partition coefficient (Wildman–Crippen LogP) is 2.66. The summed E-state index contributed by atoms with van der Waals surface area (Å²) in [5.41, 5.74) is 2.71. The number of fused-ring (bicyclic) bond motifs is 2. The fourth-order valence-corrected chi connectivity index (χ4v) is 2.44. The third-order valence-corrected chi connectivity index (χ3v) is 3.38. The van der Waals surface area contributed by atoms with Crippen LogP contribution in [0.4, 0.5) is 5.69 Å². The van der Waals surface area contributed by atoms with Crippen LogP contribution in [0.25, 0.3) is 0 Å². The van der Waals surface area contributed by atoms with Crippen molar-refractivity contribution in [1.29, 1.82) is 0 Å². The topological polar surface area (TPSA) is 21.1 Å². The summed E-state index contributed by atoms with van der Waals surface area (Å²) in [6.45, 7) is 6.28. The number of nitrogens with zero attached hydrogens (tertiary/aromatic N) is 3. The van der Waals surface area contributed by atoms with E-state index in [1.165, 1.54) is 11.3 Å². The van der Waals surface area contributed by atoms with Gasteiger partial charge in [0.05, 0.1) is 13.1 Å². The van der Waals surface area contributed by atoms with Gasteiger partial charge in [-0.3, -0.25) is 0 Å². The molecule has 0 spiro atoms. The van der Waals surface area contributed by atoms with Crippen molar-refractivity contribution in [2.75, 3.05) is 4.90 Å².